The Hall–Kier alpha value is -3.33. The molecular formula is C18H13N5O3S. The van der Waals surface area contributed by atoms with Crippen molar-refractivity contribution in [1.82, 2.24) is 14.4 Å². The largest absolute Gasteiger partial charge is 0.376 e. The zero-order valence-corrected chi connectivity index (χ0v) is 14.8. The normalized spacial score (nSPS) is 14.6. The summed E-state index contributed by atoms with van der Waals surface area (Å²) < 4.78 is 2.32. The van der Waals surface area contributed by atoms with Crippen LogP contribution in [-0.2, 0) is 0 Å². The molecule has 9 heteroatoms. The van der Waals surface area contributed by atoms with E-state index in [0.717, 1.165) is 15.2 Å². The van der Waals surface area contributed by atoms with Gasteiger partial charge in [0.1, 0.15) is 10.7 Å². The molecule has 0 aliphatic carbocycles. The van der Waals surface area contributed by atoms with Crippen LogP contribution in [0.25, 0.3) is 15.9 Å². The Labute approximate surface area is 156 Å². The summed E-state index contributed by atoms with van der Waals surface area (Å²) in [6, 6.07) is 13.0. The first-order chi connectivity index (χ1) is 13.1. The van der Waals surface area contributed by atoms with E-state index in [1.165, 1.54) is 10.6 Å². The number of nitrogens with zero attached hydrogens (tertiary/aromatic N) is 5. The van der Waals surface area contributed by atoms with Gasteiger partial charge < -0.3 is 4.90 Å². The SMILES string of the molecule is O=c1c([N+](=O)[O-])c(N2CC(c3nc4ccccc4s3)C2)nc2ccccn12. The Balaban J connectivity index is 1.51. The molecule has 1 fully saturated rings. The van der Waals surface area contributed by atoms with Gasteiger partial charge in [0.2, 0.25) is 5.82 Å². The number of anilines is 1. The van der Waals surface area contributed by atoms with Crippen molar-refractivity contribution in [3.8, 4) is 0 Å². The number of rotatable bonds is 3. The van der Waals surface area contributed by atoms with Gasteiger partial charge in [-0.2, -0.15) is 0 Å². The maximum Gasteiger partial charge on any atom is 0.376 e. The second kappa shape index (κ2) is 5.85. The van der Waals surface area contributed by atoms with Gasteiger partial charge in [-0.25, -0.2) is 9.97 Å². The third-order valence-electron chi connectivity index (χ3n) is 4.72. The molecule has 0 unspecified atom stereocenters. The molecule has 134 valence electrons. The molecule has 4 aromatic rings. The molecule has 0 radical (unpaired) electrons. The molecule has 1 aliphatic heterocycles. The molecule has 0 spiro atoms. The third-order valence-corrected chi connectivity index (χ3v) is 5.91. The van der Waals surface area contributed by atoms with Gasteiger partial charge in [-0.1, -0.05) is 18.2 Å². The minimum absolute atomic E-state index is 0.133. The average Bonchev–Trinajstić information content (AvgIpc) is 3.04. The Bertz CT molecular complexity index is 1230. The van der Waals surface area contributed by atoms with Crippen molar-refractivity contribution in [3.05, 3.63) is 74.1 Å². The molecule has 1 aliphatic rings. The molecule has 0 saturated carbocycles. The number of aromatic nitrogens is 3. The Morgan fingerprint density at radius 3 is 2.67 bits per heavy atom. The molecule has 1 aromatic carbocycles. The highest BCUT2D eigenvalue weighted by Gasteiger charge is 2.37. The highest BCUT2D eigenvalue weighted by atomic mass is 32.1. The minimum Gasteiger partial charge on any atom is -0.349 e. The summed E-state index contributed by atoms with van der Waals surface area (Å²) in [6.07, 6.45) is 1.49. The molecule has 0 bridgehead atoms. The number of nitro groups is 1. The van der Waals surface area contributed by atoms with Crippen LogP contribution in [0.15, 0.2) is 53.5 Å². The van der Waals surface area contributed by atoms with Crippen LogP contribution in [-0.4, -0.2) is 32.4 Å². The number of para-hydroxylation sites is 1. The standard InChI is InChI=1S/C18H13N5O3S/c24-18-15(23(25)26)16(20-14-7-3-4-8-22(14)18)21-9-11(10-21)17-19-12-5-1-2-6-13(12)27-17/h1-8,11H,9-10H2. The lowest BCUT2D eigenvalue weighted by molar-refractivity contribution is -0.385. The van der Waals surface area contributed by atoms with Gasteiger partial charge in [-0.3, -0.25) is 19.3 Å². The maximum atomic E-state index is 12.5. The van der Waals surface area contributed by atoms with Crippen LogP contribution in [0.5, 0.6) is 0 Å². The van der Waals surface area contributed by atoms with Gasteiger partial charge >= 0.3 is 11.2 Å². The molecular weight excluding hydrogens is 366 g/mol. The topological polar surface area (TPSA) is 93.6 Å². The minimum atomic E-state index is -0.663. The van der Waals surface area contributed by atoms with Gasteiger partial charge in [-0.15, -0.1) is 11.3 Å². The number of benzene rings is 1. The number of hydrogen-bond acceptors (Lipinski definition) is 7. The maximum absolute atomic E-state index is 12.5. The first-order valence-corrected chi connectivity index (χ1v) is 9.19. The fraction of sp³-hybridized carbons (Fsp3) is 0.167. The predicted molar refractivity (Wildman–Crippen MR) is 103 cm³/mol. The zero-order chi connectivity index (χ0) is 18.5. The first-order valence-electron chi connectivity index (χ1n) is 8.38. The van der Waals surface area contributed by atoms with Gasteiger partial charge in [0.25, 0.3) is 0 Å². The predicted octanol–water partition coefficient (Wildman–Crippen LogP) is 2.82. The first kappa shape index (κ1) is 15.9. The van der Waals surface area contributed by atoms with E-state index in [0.29, 0.717) is 18.7 Å². The van der Waals surface area contributed by atoms with E-state index in [1.807, 2.05) is 24.3 Å². The molecule has 4 heterocycles. The molecule has 1 saturated heterocycles. The fourth-order valence-corrected chi connectivity index (χ4v) is 4.37. The summed E-state index contributed by atoms with van der Waals surface area (Å²) in [5, 5.41) is 12.5. The van der Waals surface area contributed by atoms with Crippen LogP contribution >= 0.6 is 11.3 Å². The smallest absolute Gasteiger partial charge is 0.349 e. The van der Waals surface area contributed by atoms with Gasteiger partial charge in [0.05, 0.1) is 15.1 Å². The fourth-order valence-electron chi connectivity index (χ4n) is 3.32. The van der Waals surface area contributed by atoms with Crippen molar-refractivity contribution >= 4 is 38.7 Å². The summed E-state index contributed by atoms with van der Waals surface area (Å²) in [6.45, 7) is 1.10. The number of thiazole rings is 1. The van der Waals surface area contributed by atoms with Crippen LogP contribution in [0.2, 0.25) is 0 Å². The van der Waals surface area contributed by atoms with Crippen LogP contribution in [0.3, 0.4) is 0 Å². The number of fused-ring (bicyclic) bond motifs is 2. The van der Waals surface area contributed by atoms with Gasteiger partial charge in [0.15, 0.2) is 0 Å². The summed E-state index contributed by atoms with van der Waals surface area (Å²) in [7, 11) is 0. The molecule has 5 rings (SSSR count). The summed E-state index contributed by atoms with van der Waals surface area (Å²) in [4.78, 5) is 34.2. The monoisotopic (exact) mass is 379 g/mol. The lowest BCUT2D eigenvalue weighted by Crippen LogP contribution is -2.46. The van der Waals surface area contributed by atoms with Crippen LogP contribution < -0.4 is 10.5 Å². The van der Waals surface area contributed by atoms with E-state index >= 15 is 0 Å². The highest BCUT2D eigenvalue weighted by Crippen LogP contribution is 2.37. The summed E-state index contributed by atoms with van der Waals surface area (Å²) >= 11 is 1.64. The lowest BCUT2D eigenvalue weighted by atomic mass is 10.0. The summed E-state index contributed by atoms with van der Waals surface area (Å²) in [5.74, 6) is 0.312. The van der Waals surface area contributed by atoms with E-state index in [2.05, 4.69) is 9.97 Å². The van der Waals surface area contributed by atoms with E-state index < -0.39 is 16.2 Å². The Kier molecular flexibility index (Phi) is 3.44. The second-order valence-corrected chi connectivity index (χ2v) is 7.46. The zero-order valence-electron chi connectivity index (χ0n) is 14.0. The van der Waals surface area contributed by atoms with Crippen LogP contribution in [0, 0.1) is 10.1 Å². The van der Waals surface area contributed by atoms with Crippen molar-refractivity contribution in [3.63, 3.8) is 0 Å². The van der Waals surface area contributed by atoms with E-state index in [1.54, 1.807) is 34.4 Å². The number of pyridine rings is 1. The molecule has 27 heavy (non-hydrogen) atoms. The van der Waals surface area contributed by atoms with Crippen LogP contribution in [0.4, 0.5) is 11.5 Å². The van der Waals surface area contributed by atoms with Crippen LogP contribution in [0.1, 0.15) is 10.9 Å². The highest BCUT2D eigenvalue weighted by molar-refractivity contribution is 7.18. The van der Waals surface area contributed by atoms with E-state index in [4.69, 9.17) is 0 Å². The van der Waals surface area contributed by atoms with Crippen molar-refractivity contribution in [2.75, 3.05) is 18.0 Å². The molecule has 8 nitrogen and oxygen atoms in total. The Morgan fingerprint density at radius 2 is 1.89 bits per heavy atom. The van der Waals surface area contributed by atoms with Crippen molar-refractivity contribution in [2.24, 2.45) is 0 Å². The molecule has 0 N–H and O–H groups in total. The average molecular weight is 379 g/mol. The quantitative estimate of drug-likeness (QED) is 0.401. The third kappa shape index (κ3) is 2.47. The van der Waals surface area contributed by atoms with Gasteiger partial charge in [0, 0.05) is 25.2 Å². The second-order valence-electron chi connectivity index (χ2n) is 6.40. The van der Waals surface area contributed by atoms with Crippen molar-refractivity contribution in [1.29, 1.82) is 0 Å². The van der Waals surface area contributed by atoms with Crippen molar-refractivity contribution < 1.29 is 4.92 Å². The lowest BCUT2D eigenvalue weighted by Gasteiger charge is -2.38. The Morgan fingerprint density at radius 1 is 1.11 bits per heavy atom. The summed E-state index contributed by atoms with van der Waals surface area (Å²) in [5.41, 5.74) is 0.209. The van der Waals surface area contributed by atoms with E-state index in [-0.39, 0.29) is 11.7 Å². The molecule has 3 aromatic heterocycles. The van der Waals surface area contributed by atoms with E-state index in [9.17, 15) is 14.9 Å². The number of hydrogen-bond donors (Lipinski definition) is 0. The molecule has 0 amide bonds. The van der Waals surface area contributed by atoms with Crippen molar-refractivity contribution in [2.45, 2.75) is 5.92 Å². The molecule has 0 atom stereocenters. The van der Waals surface area contributed by atoms with Gasteiger partial charge in [-0.05, 0) is 24.3 Å².